The van der Waals surface area contributed by atoms with Gasteiger partial charge in [0.1, 0.15) is 0 Å². The number of hydrogen-bond donors (Lipinski definition) is 0. The predicted octanol–water partition coefficient (Wildman–Crippen LogP) is 13.5. The minimum absolute atomic E-state index is 0.442. The van der Waals surface area contributed by atoms with Crippen LogP contribution in [0.1, 0.15) is 22.3 Å². The highest BCUT2D eigenvalue weighted by molar-refractivity contribution is 6.14. The molecule has 0 heterocycles. The Morgan fingerprint density at radius 2 is 0.885 bits per heavy atom. The number of anilines is 3. The summed E-state index contributed by atoms with van der Waals surface area (Å²) < 4.78 is 0. The molecule has 1 nitrogen and oxygen atoms in total. The number of nitrogens with zero attached hydrogens (tertiary/aromatic N) is 1. The Labute approximate surface area is 304 Å². The molecule has 9 aromatic carbocycles. The minimum Gasteiger partial charge on any atom is -0.310 e. The molecule has 0 aliphatic heterocycles. The first-order valence-electron chi connectivity index (χ1n) is 18.0. The van der Waals surface area contributed by atoms with Gasteiger partial charge in [0.25, 0.3) is 0 Å². The maximum Gasteiger partial charge on any atom is 0.0713 e. The second-order valence-corrected chi connectivity index (χ2v) is 13.7. The van der Waals surface area contributed by atoms with Gasteiger partial charge >= 0.3 is 0 Å². The number of rotatable bonds is 6. The van der Waals surface area contributed by atoms with Crippen LogP contribution in [0.5, 0.6) is 0 Å². The Morgan fingerprint density at radius 1 is 0.327 bits per heavy atom. The van der Waals surface area contributed by atoms with E-state index >= 15 is 0 Å². The molecule has 0 aromatic heterocycles. The van der Waals surface area contributed by atoms with Crippen LogP contribution in [0.4, 0.5) is 17.1 Å². The first-order chi connectivity index (χ1) is 25.8. The lowest BCUT2D eigenvalue weighted by atomic mass is 9.67. The molecule has 0 unspecified atom stereocenters. The van der Waals surface area contributed by atoms with Crippen LogP contribution < -0.4 is 4.90 Å². The third-order valence-corrected chi connectivity index (χ3v) is 10.9. The van der Waals surface area contributed by atoms with E-state index in [0.29, 0.717) is 0 Å². The summed E-state index contributed by atoms with van der Waals surface area (Å²) in [5.74, 6) is 0. The minimum atomic E-state index is -0.442. The molecule has 0 saturated heterocycles. The Balaban J connectivity index is 1.19. The van der Waals surface area contributed by atoms with Crippen molar-refractivity contribution in [2.75, 3.05) is 4.90 Å². The quantitative estimate of drug-likeness (QED) is 0.160. The molecule has 0 bridgehead atoms. The van der Waals surface area contributed by atoms with E-state index in [2.05, 4.69) is 217 Å². The zero-order valence-corrected chi connectivity index (χ0v) is 28.7. The smallest absolute Gasteiger partial charge is 0.0713 e. The molecule has 9 aromatic rings. The molecule has 0 saturated carbocycles. The standard InChI is InChI=1S/C51H35N/c1-4-19-39(20-5-1)51(40-21-6-2-7-22-40)48-30-15-14-28-45(48)46-32-31-37(34-49(46)51)36-18-16-25-42(33-36)52(41-23-8-3-9-24-41)50-35-38-17-10-11-26-43(38)44-27-12-13-29-47(44)50/h1-35H. The lowest BCUT2D eigenvalue weighted by Gasteiger charge is -2.34. The van der Waals surface area contributed by atoms with Gasteiger partial charge in [0.2, 0.25) is 0 Å². The van der Waals surface area contributed by atoms with E-state index in [-0.39, 0.29) is 0 Å². The van der Waals surface area contributed by atoms with Crippen molar-refractivity contribution in [2.24, 2.45) is 0 Å². The lowest BCUT2D eigenvalue weighted by molar-refractivity contribution is 0.769. The number of benzene rings is 9. The third-order valence-electron chi connectivity index (χ3n) is 10.9. The molecule has 0 amide bonds. The molecule has 0 N–H and O–H groups in total. The molecule has 1 aliphatic carbocycles. The Kier molecular flexibility index (Phi) is 7.11. The Hall–Kier alpha value is -6.70. The zero-order chi connectivity index (χ0) is 34.5. The van der Waals surface area contributed by atoms with Crippen LogP contribution in [-0.2, 0) is 5.41 Å². The number of hydrogen-bond acceptors (Lipinski definition) is 1. The molecule has 0 spiro atoms. The topological polar surface area (TPSA) is 3.24 Å². The monoisotopic (exact) mass is 661 g/mol. The van der Waals surface area contributed by atoms with Crippen molar-refractivity contribution < 1.29 is 0 Å². The summed E-state index contributed by atoms with van der Waals surface area (Å²) in [6.45, 7) is 0. The summed E-state index contributed by atoms with van der Waals surface area (Å²) in [5, 5.41) is 4.97. The summed E-state index contributed by atoms with van der Waals surface area (Å²) in [7, 11) is 0. The van der Waals surface area contributed by atoms with E-state index in [4.69, 9.17) is 0 Å². The van der Waals surface area contributed by atoms with Crippen LogP contribution in [0.15, 0.2) is 212 Å². The van der Waals surface area contributed by atoms with E-state index in [1.165, 1.54) is 66.1 Å². The van der Waals surface area contributed by atoms with E-state index in [9.17, 15) is 0 Å². The summed E-state index contributed by atoms with van der Waals surface area (Å²) in [6.07, 6.45) is 0. The maximum absolute atomic E-state index is 2.45. The molecular formula is C51H35N. The second kappa shape index (κ2) is 12.3. The van der Waals surface area contributed by atoms with Crippen molar-refractivity contribution in [3.63, 3.8) is 0 Å². The number of para-hydroxylation sites is 1. The summed E-state index contributed by atoms with van der Waals surface area (Å²) in [4.78, 5) is 2.42. The predicted molar refractivity (Wildman–Crippen MR) is 219 cm³/mol. The van der Waals surface area contributed by atoms with Gasteiger partial charge in [-0.3, -0.25) is 0 Å². The zero-order valence-electron chi connectivity index (χ0n) is 28.7. The molecule has 244 valence electrons. The van der Waals surface area contributed by atoms with Crippen molar-refractivity contribution in [1.82, 2.24) is 0 Å². The van der Waals surface area contributed by atoms with Crippen molar-refractivity contribution in [1.29, 1.82) is 0 Å². The van der Waals surface area contributed by atoms with Crippen LogP contribution in [0.3, 0.4) is 0 Å². The van der Waals surface area contributed by atoms with Crippen molar-refractivity contribution >= 4 is 38.6 Å². The fourth-order valence-corrected chi connectivity index (χ4v) is 8.67. The average molecular weight is 662 g/mol. The fourth-order valence-electron chi connectivity index (χ4n) is 8.67. The largest absolute Gasteiger partial charge is 0.310 e. The lowest BCUT2D eigenvalue weighted by Crippen LogP contribution is -2.28. The highest BCUT2D eigenvalue weighted by Crippen LogP contribution is 2.56. The van der Waals surface area contributed by atoms with Gasteiger partial charge in [-0.15, -0.1) is 0 Å². The highest BCUT2D eigenvalue weighted by atomic mass is 15.1. The molecule has 52 heavy (non-hydrogen) atoms. The normalized spacial score (nSPS) is 12.8. The molecular weight excluding hydrogens is 627 g/mol. The van der Waals surface area contributed by atoms with Gasteiger partial charge in [0.05, 0.1) is 11.1 Å². The van der Waals surface area contributed by atoms with Crippen LogP contribution in [0.2, 0.25) is 0 Å². The van der Waals surface area contributed by atoms with Crippen LogP contribution in [-0.4, -0.2) is 0 Å². The first kappa shape index (κ1) is 30.2. The van der Waals surface area contributed by atoms with Crippen LogP contribution in [0.25, 0.3) is 43.8 Å². The SMILES string of the molecule is c1ccc(N(c2cccc(-c3ccc4c(c3)C(c3ccccc3)(c3ccccc3)c3ccccc3-4)c2)c2cc3ccccc3c3ccccc23)cc1. The maximum atomic E-state index is 2.45. The molecule has 10 rings (SSSR count). The van der Waals surface area contributed by atoms with E-state index in [1.54, 1.807) is 0 Å². The van der Waals surface area contributed by atoms with Gasteiger partial charge in [-0.25, -0.2) is 0 Å². The second-order valence-electron chi connectivity index (χ2n) is 13.7. The van der Waals surface area contributed by atoms with E-state index in [1.807, 2.05) is 0 Å². The molecule has 0 atom stereocenters. The average Bonchev–Trinajstić information content (AvgIpc) is 3.52. The van der Waals surface area contributed by atoms with Gasteiger partial charge < -0.3 is 4.90 Å². The van der Waals surface area contributed by atoms with Gasteiger partial charge in [0, 0.05) is 16.8 Å². The van der Waals surface area contributed by atoms with Gasteiger partial charge in [-0.05, 0) is 97.1 Å². The number of fused-ring (bicyclic) bond motifs is 6. The molecule has 0 radical (unpaired) electrons. The van der Waals surface area contributed by atoms with Gasteiger partial charge in [-0.1, -0.05) is 176 Å². The molecule has 0 fully saturated rings. The molecule has 1 heteroatoms. The first-order valence-corrected chi connectivity index (χ1v) is 18.0. The van der Waals surface area contributed by atoms with E-state index < -0.39 is 5.41 Å². The summed E-state index contributed by atoms with van der Waals surface area (Å²) in [5.41, 5.74) is 13.1. The Bertz CT molecular complexity index is 2690. The summed E-state index contributed by atoms with van der Waals surface area (Å²) in [6, 6.07) is 77.8. The van der Waals surface area contributed by atoms with Gasteiger partial charge in [-0.2, -0.15) is 0 Å². The van der Waals surface area contributed by atoms with Crippen molar-refractivity contribution in [3.8, 4) is 22.3 Å². The van der Waals surface area contributed by atoms with Crippen LogP contribution in [0, 0.1) is 0 Å². The fraction of sp³-hybridized carbons (Fsp3) is 0.0196. The summed E-state index contributed by atoms with van der Waals surface area (Å²) >= 11 is 0. The molecule has 1 aliphatic rings. The van der Waals surface area contributed by atoms with Crippen LogP contribution >= 0.6 is 0 Å². The van der Waals surface area contributed by atoms with Gasteiger partial charge in [0.15, 0.2) is 0 Å². The Morgan fingerprint density at radius 3 is 1.63 bits per heavy atom. The highest BCUT2D eigenvalue weighted by Gasteiger charge is 2.46. The van der Waals surface area contributed by atoms with E-state index in [0.717, 1.165) is 17.1 Å². The third kappa shape index (κ3) is 4.63. The van der Waals surface area contributed by atoms with Crippen molar-refractivity contribution in [3.05, 3.63) is 235 Å². The van der Waals surface area contributed by atoms with Crippen molar-refractivity contribution in [2.45, 2.75) is 5.41 Å².